The lowest BCUT2D eigenvalue weighted by atomic mass is 10.0. The van der Waals surface area contributed by atoms with Gasteiger partial charge in [0.15, 0.2) is 0 Å². The molecule has 0 saturated heterocycles. The lowest BCUT2D eigenvalue weighted by Gasteiger charge is -2.20. The van der Waals surface area contributed by atoms with E-state index in [2.05, 4.69) is 9.71 Å². The highest BCUT2D eigenvalue weighted by Crippen LogP contribution is 2.24. The molecule has 0 aliphatic rings. The van der Waals surface area contributed by atoms with Crippen LogP contribution < -0.4 is 4.72 Å². The fourth-order valence-corrected chi connectivity index (χ4v) is 4.21. The number of H-pyrrole nitrogens is 1. The number of aromatic nitrogens is 1. The van der Waals surface area contributed by atoms with Gasteiger partial charge < -0.3 is 10.1 Å². The van der Waals surface area contributed by atoms with E-state index in [-0.39, 0.29) is 28.1 Å². The first-order valence-corrected chi connectivity index (χ1v) is 8.04. The molecule has 0 bridgehead atoms. The zero-order valence-electron chi connectivity index (χ0n) is 12.4. The van der Waals surface area contributed by atoms with Gasteiger partial charge in [-0.1, -0.05) is 20.8 Å². The van der Waals surface area contributed by atoms with Crippen molar-refractivity contribution in [2.75, 3.05) is 0 Å². The summed E-state index contributed by atoms with van der Waals surface area (Å²) in [5.74, 6) is -1.00. The van der Waals surface area contributed by atoms with Gasteiger partial charge in [-0.25, -0.2) is 17.9 Å². The van der Waals surface area contributed by atoms with E-state index in [1.807, 2.05) is 20.8 Å². The molecular weight excluding hydrogens is 280 g/mol. The average Bonchev–Trinajstić information content (AvgIpc) is 2.62. The summed E-state index contributed by atoms with van der Waals surface area (Å²) in [6.45, 7) is 8.85. The third-order valence-electron chi connectivity index (χ3n) is 3.40. The first-order chi connectivity index (χ1) is 9.11. The average molecular weight is 302 g/mol. The van der Waals surface area contributed by atoms with Gasteiger partial charge >= 0.3 is 5.97 Å². The van der Waals surface area contributed by atoms with Gasteiger partial charge in [-0.05, 0) is 26.2 Å². The summed E-state index contributed by atoms with van der Waals surface area (Å²) in [6, 6.07) is -0.179. The summed E-state index contributed by atoms with van der Waals surface area (Å²) in [4.78, 5) is 13.7. The molecule has 0 aliphatic carbocycles. The predicted octanol–water partition coefficient (Wildman–Crippen LogP) is 2.04. The van der Waals surface area contributed by atoms with E-state index in [0.717, 1.165) is 0 Å². The first-order valence-electron chi connectivity index (χ1n) is 6.56. The van der Waals surface area contributed by atoms with E-state index in [1.165, 1.54) is 6.92 Å². The Morgan fingerprint density at radius 3 is 2.25 bits per heavy atom. The predicted molar refractivity (Wildman–Crippen MR) is 76.5 cm³/mol. The molecule has 0 spiro atoms. The summed E-state index contributed by atoms with van der Waals surface area (Å²) in [5, 5.41) is 9.04. The summed E-state index contributed by atoms with van der Waals surface area (Å²) in [6.07, 6.45) is 0.672. The van der Waals surface area contributed by atoms with E-state index < -0.39 is 16.0 Å². The van der Waals surface area contributed by atoms with Gasteiger partial charge in [-0.15, -0.1) is 0 Å². The van der Waals surface area contributed by atoms with Crippen LogP contribution in [0.2, 0.25) is 0 Å². The Kier molecular flexibility index (Phi) is 4.99. The SMILES string of the molecule is CCC(NS(=O)(=O)c1c(C)[nH]c(C(=O)O)c1C)C(C)C. The van der Waals surface area contributed by atoms with E-state index >= 15 is 0 Å². The number of aromatic amines is 1. The maximum atomic E-state index is 12.5. The second-order valence-electron chi connectivity index (χ2n) is 5.26. The van der Waals surface area contributed by atoms with Crippen LogP contribution >= 0.6 is 0 Å². The number of rotatable bonds is 6. The highest BCUT2D eigenvalue weighted by atomic mass is 32.2. The number of carboxylic acid groups (broad SMARTS) is 1. The van der Waals surface area contributed by atoms with Crippen molar-refractivity contribution in [1.82, 2.24) is 9.71 Å². The maximum absolute atomic E-state index is 12.5. The van der Waals surface area contributed by atoms with Crippen LogP contribution in [-0.2, 0) is 10.0 Å². The third-order valence-corrected chi connectivity index (χ3v) is 5.17. The van der Waals surface area contributed by atoms with Crippen molar-refractivity contribution in [3.63, 3.8) is 0 Å². The normalized spacial score (nSPS) is 13.7. The number of carboxylic acids is 1. The van der Waals surface area contributed by atoms with Crippen LogP contribution in [0.3, 0.4) is 0 Å². The topological polar surface area (TPSA) is 99.3 Å². The van der Waals surface area contributed by atoms with Crippen LogP contribution in [0.15, 0.2) is 4.90 Å². The molecule has 7 heteroatoms. The molecule has 1 aromatic rings. The number of sulfonamides is 1. The van der Waals surface area contributed by atoms with Crippen LogP contribution in [0.4, 0.5) is 0 Å². The molecule has 0 aromatic carbocycles. The molecule has 1 rings (SSSR count). The fraction of sp³-hybridized carbons (Fsp3) is 0.615. The smallest absolute Gasteiger partial charge is 0.352 e. The zero-order valence-corrected chi connectivity index (χ0v) is 13.3. The number of hydrogen-bond donors (Lipinski definition) is 3. The Labute approximate surface area is 119 Å². The molecule has 1 unspecified atom stereocenters. The van der Waals surface area contributed by atoms with Crippen molar-refractivity contribution >= 4 is 16.0 Å². The van der Waals surface area contributed by atoms with Gasteiger partial charge in [0.25, 0.3) is 0 Å². The Morgan fingerprint density at radius 1 is 1.35 bits per heavy atom. The molecule has 6 nitrogen and oxygen atoms in total. The largest absolute Gasteiger partial charge is 0.477 e. The van der Waals surface area contributed by atoms with Crippen molar-refractivity contribution in [1.29, 1.82) is 0 Å². The molecule has 3 N–H and O–H groups in total. The lowest BCUT2D eigenvalue weighted by Crippen LogP contribution is -2.38. The molecule has 1 aromatic heterocycles. The van der Waals surface area contributed by atoms with E-state index in [9.17, 15) is 13.2 Å². The molecule has 0 amide bonds. The van der Waals surface area contributed by atoms with Gasteiger partial charge in [0.1, 0.15) is 10.6 Å². The summed E-state index contributed by atoms with van der Waals surface area (Å²) < 4.78 is 27.6. The Bertz CT molecular complexity index is 602. The molecule has 0 radical (unpaired) electrons. The van der Waals surface area contributed by atoms with Crippen molar-refractivity contribution in [3.05, 3.63) is 17.0 Å². The number of aromatic carboxylic acids is 1. The molecule has 1 atom stereocenters. The summed E-state index contributed by atoms with van der Waals surface area (Å²) >= 11 is 0. The second-order valence-corrected chi connectivity index (χ2v) is 6.92. The molecule has 1 heterocycles. The van der Waals surface area contributed by atoms with Gasteiger partial charge in [0, 0.05) is 17.3 Å². The van der Waals surface area contributed by atoms with Gasteiger partial charge in [0.05, 0.1) is 0 Å². The van der Waals surface area contributed by atoms with Crippen molar-refractivity contribution in [3.8, 4) is 0 Å². The minimum atomic E-state index is -3.74. The molecule has 0 fully saturated rings. The Morgan fingerprint density at radius 2 is 1.90 bits per heavy atom. The summed E-state index contributed by atoms with van der Waals surface area (Å²) in [7, 11) is -3.74. The molecular formula is C13H22N2O4S. The lowest BCUT2D eigenvalue weighted by molar-refractivity contribution is 0.0690. The minimum Gasteiger partial charge on any atom is -0.477 e. The van der Waals surface area contributed by atoms with Crippen LogP contribution in [0.5, 0.6) is 0 Å². The number of aryl methyl sites for hydroxylation is 1. The molecule has 114 valence electrons. The first kappa shape index (κ1) is 16.7. The highest BCUT2D eigenvalue weighted by Gasteiger charge is 2.28. The monoisotopic (exact) mass is 302 g/mol. The maximum Gasteiger partial charge on any atom is 0.352 e. The highest BCUT2D eigenvalue weighted by molar-refractivity contribution is 7.89. The summed E-state index contributed by atoms with van der Waals surface area (Å²) in [5.41, 5.74) is 0.493. The molecule has 0 saturated carbocycles. The number of nitrogens with one attached hydrogen (secondary N) is 2. The molecule has 0 aliphatic heterocycles. The standard InChI is InChI=1S/C13H22N2O4S/c1-6-10(7(2)3)15-20(18,19)12-8(4)11(13(16)17)14-9(12)5/h7,10,14-15H,6H2,1-5H3,(H,16,17). The van der Waals surface area contributed by atoms with Gasteiger partial charge in [-0.2, -0.15) is 0 Å². The Balaban J connectivity index is 3.26. The Hall–Kier alpha value is -1.34. The van der Waals surface area contributed by atoms with Crippen LogP contribution in [-0.4, -0.2) is 30.5 Å². The van der Waals surface area contributed by atoms with Gasteiger partial charge in [-0.3, -0.25) is 0 Å². The quantitative estimate of drug-likeness (QED) is 0.748. The van der Waals surface area contributed by atoms with Crippen LogP contribution in [0, 0.1) is 19.8 Å². The van der Waals surface area contributed by atoms with Crippen molar-refractivity contribution in [2.24, 2.45) is 5.92 Å². The van der Waals surface area contributed by atoms with Crippen molar-refractivity contribution in [2.45, 2.75) is 52.0 Å². The van der Waals surface area contributed by atoms with Crippen molar-refractivity contribution < 1.29 is 18.3 Å². The van der Waals surface area contributed by atoms with Crippen LogP contribution in [0.25, 0.3) is 0 Å². The van der Waals surface area contributed by atoms with Crippen LogP contribution in [0.1, 0.15) is 48.9 Å². The number of hydrogen-bond acceptors (Lipinski definition) is 3. The van der Waals surface area contributed by atoms with E-state index in [4.69, 9.17) is 5.11 Å². The van der Waals surface area contributed by atoms with Gasteiger partial charge in [0.2, 0.25) is 10.0 Å². The van der Waals surface area contributed by atoms with E-state index in [1.54, 1.807) is 6.92 Å². The second kappa shape index (κ2) is 5.97. The zero-order chi connectivity index (χ0) is 15.7. The third kappa shape index (κ3) is 3.21. The number of carbonyl (C=O) groups is 1. The fourth-order valence-electron chi connectivity index (χ4n) is 2.30. The van der Waals surface area contributed by atoms with E-state index in [0.29, 0.717) is 12.1 Å². The molecule has 20 heavy (non-hydrogen) atoms. The minimum absolute atomic E-state index is 0.0361.